The van der Waals surface area contributed by atoms with Crippen molar-refractivity contribution in [3.63, 3.8) is 0 Å². The maximum absolute atomic E-state index is 13.1. The summed E-state index contributed by atoms with van der Waals surface area (Å²) < 4.78 is 13.1. The molecule has 1 saturated heterocycles. The van der Waals surface area contributed by atoms with Gasteiger partial charge in [-0.1, -0.05) is 0 Å². The van der Waals surface area contributed by atoms with Crippen molar-refractivity contribution in [2.45, 2.75) is 31.8 Å². The number of nitrogens with zero attached hydrogens (tertiary/aromatic N) is 2. The topological polar surface area (TPSA) is 41.6 Å². The number of halogens is 1. The number of piperidine rings is 1. The maximum atomic E-state index is 13.1. The normalized spacial score (nSPS) is 37.7. The Kier molecular flexibility index (Phi) is 2.78. The minimum atomic E-state index is -0.402. The zero-order valence-electron chi connectivity index (χ0n) is 9.28. The summed E-state index contributed by atoms with van der Waals surface area (Å²) >= 11 is 0. The van der Waals surface area contributed by atoms with Gasteiger partial charge in [0, 0.05) is 12.6 Å². The quantitative estimate of drug-likeness (QED) is 0.552. The Morgan fingerprint density at radius 2 is 2.27 bits per heavy atom. The molecule has 0 spiro atoms. The Morgan fingerprint density at radius 3 is 2.80 bits per heavy atom. The van der Waals surface area contributed by atoms with Crippen molar-refractivity contribution < 1.29 is 4.39 Å². The van der Waals surface area contributed by atoms with Crippen LogP contribution in [0.15, 0.2) is 16.9 Å². The Bertz CT molecular complexity index is 311. The molecule has 84 valence electrons. The molecule has 4 heteroatoms. The Hall–Kier alpha value is -0.900. The lowest BCUT2D eigenvalue weighted by Crippen LogP contribution is -2.38. The number of allylic oxidation sites excluding steroid dienone is 1. The number of rotatable bonds is 2. The highest BCUT2D eigenvalue weighted by Gasteiger charge is 2.43. The van der Waals surface area contributed by atoms with Gasteiger partial charge in [0.15, 0.2) is 11.7 Å². The van der Waals surface area contributed by atoms with Gasteiger partial charge in [0.1, 0.15) is 0 Å². The summed E-state index contributed by atoms with van der Waals surface area (Å²) in [5, 5.41) is 0. The van der Waals surface area contributed by atoms with Crippen LogP contribution in [-0.4, -0.2) is 36.4 Å². The van der Waals surface area contributed by atoms with Gasteiger partial charge in [-0.25, -0.2) is 4.39 Å². The molecule has 1 saturated carbocycles. The van der Waals surface area contributed by atoms with Crippen LogP contribution in [0.1, 0.15) is 19.8 Å². The van der Waals surface area contributed by atoms with Gasteiger partial charge < -0.3 is 10.6 Å². The molecule has 1 aliphatic carbocycles. The zero-order chi connectivity index (χ0) is 11.0. The molecule has 2 bridgehead atoms. The molecule has 3 atom stereocenters. The highest BCUT2D eigenvalue weighted by Crippen LogP contribution is 2.38. The number of fused-ring (bicyclic) bond motifs is 2. The number of amidine groups is 1. The molecule has 1 aliphatic heterocycles. The lowest BCUT2D eigenvalue weighted by atomic mass is 10.1. The van der Waals surface area contributed by atoms with E-state index in [2.05, 4.69) is 16.9 Å². The fourth-order valence-electron chi connectivity index (χ4n) is 2.79. The second-order valence-corrected chi connectivity index (χ2v) is 4.56. The van der Waals surface area contributed by atoms with Crippen LogP contribution in [0.5, 0.6) is 0 Å². The lowest BCUT2D eigenvalue weighted by molar-refractivity contribution is 0.236. The predicted molar refractivity (Wildman–Crippen MR) is 59.4 cm³/mol. The number of likely N-dealkylation sites (tertiary alicyclic amines) is 1. The molecule has 3 unspecified atom stereocenters. The van der Waals surface area contributed by atoms with Crippen LogP contribution in [0.4, 0.5) is 4.39 Å². The summed E-state index contributed by atoms with van der Waals surface area (Å²) in [6.45, 7) is 2.79. The van der Waals surface area contributed by atoms with Crippen molar-refractivity contribution in [1.82, 2.24) is 4.90 Å². The fraction of sp³-hybridized carbons (Fsp3) is 0.727. The van der Waals surface area contributed by atoms with Crippen LogP contribution in [0.3, 0.4) is 0 Å². The predicted octanol–water partition coefficient (Wildman–Crippen LogP) is 1.31. The first-order valence-corrected chi connectivity index (χ1v) is 5.47. The molecule has 0 amide bonds. The Labute approximate surface area is 89.8 Å². The summed E-state index contributed by atoms with van der Waals surface area (Å²) in [7, 11) is 2.11. The molecule has 2 N–H and O–H groups in total. The van der Waals surface area contributed by atoms with Crippen LogP contribution >= 0.6 is 0 Å². The molecular weight excluding hydrogens is 193 g/mol. The molecule has 15 heavy (non-hydrogen) atoms. The first-order chi connectivity index (χ1) is 7.11. The van der Waals surface area contributed by atoms with E-state index < -0.39 is 5.83 Å². The summed E-state index contributed by atoms with van der Waals surface area (Å²) in [5.74, 6) is 0.388. The van der Waals surface area contributed by atoms with Crippen molar-refractivity contribution in [2.75, 3.05) is 13.6 Å². The van der Waals surface area contributed by atoms with Crippen molar-refractivity contribution in [1.29, 1.82) is 0 Å². The first-order valence-electron chi connectivity index (χ1n) is 5.47. The van der Waals surface area contributed by atoms with E-state index in [4.69, 9.17) is 5.73 Å². The zero-order valence-corrected chi connectivity index (χ0v) is 9.28. The van der Waals surface area contributed by atoms with E-state index in [1.165, 1.54) is 12.5 Å². The molecule has 3 nitrogen and oxygen atoms in total. The van der Waals surface area contributed by atoms with Gasteiger partial charge in [-0.3, -0.25) is 4.99 Å². The van der Waals surface area contributed by atoms with Crippen molar-refractivity contribution in [2.24, 2.45) is 16.6 Å². The Balaban J connectivity index is 2.08. The lowest BCUT2D eigenvalue weighted by Gasteiger charge is -2.27. The van der Waals surface area contributed by atoms with Gasteiger partial charge in [-0.15, -0.1) is 0 Å². The van der Waals surface area contributed by atoms with Gasteiger partial charge in [0.05, 0.1) is 6.04 Å². The third-order valence-electron chi connectivity index (χ3n) is 3.51. The van der Waals surface area contributed by atoms with Crippen molar-refractivity contribution in [3.05, 3.63) is 11.9 Å². The van der Waals surface area contributed by atoms with E-state index in [0.29, 0.717) is 6.04 Å². The summed E-state index contributed by atoms with van der Waals surface area (Å²) in [4.78, 5) is 6.60. The highest BCUT2D eigenvalue weighted by molar-refractivity contribution is 5.94. The van der Waals surface area contributed by atoms with Crippen molar-refractivity contribution >= 4 is 5.84 Å². The van der Waals surface area contributed by atoms with Gasteiger partial charge in [0.25, 0.3) is 0 Å². The number of aliphatic imine (C=N–C) groups is 1. The molecule has 1 heterocycles. The summed E-state index contributed by atoms with van der Waals surface area (Å²) in [6.07, 6.45) is 3.61. The number of hydrogen-bond acceptors (Lipinski definition) is 2. The number of likely N-dealkylation sites (N-methyl/N-ethyl adjacent to an activating group) is 1. The summed E-state index contributed by atoms with van der Waals surface area (Å²) in [5.41, 5.74) is 5.57. The van der Waals surface area contributed by atoms with E-state index >= 15 is 0 Å². The number of hydrogen-bond donors (Lipinski definition) is 1. The van der Waals surface area contributed by atoms with Crippen LogP contribution in [0.25, 0.3) is 0 Å². The number of nitrogens with two attached hydrogens (primary N) is 1. The van der Waals surface area contributed by atoms with Gasteiger partial charge in [-0.05, 0) is 38.8 Å². The van der Waals surface area contributed by atoms with Crippen LogP contribution < -0.4 is 5.73 Å². The van der Waals surface area contributed by atoms with E-state index in [9.17, 15) is 4.39 Å². The van der Waals surface area contributed by atoms with Crippen LogP contribution in [-0.2, 0) is 0 Å². The van der Waals surface area contributed by atoms with Gasteiger partial charge in [-0.2, -0.15) is 0 Å². The van der Waals surface area contributed by atoms with Crippen LogP contribution in [0.2, 0.25) is 0 Å². The van der Waals surface area contributed by atoms with Crippen molar-refractivity contribution in [3.8, 4) is 0 Å². The van der Waals surface area contributed by atoms with Crippen LogP contribution in [0, 0.1) is 5.92 Å². The third kappa shape index (κ3) is 1.91. The molecule has 0 aromatic heterocycles. The van der Waals surface area contributed by atoms with E-state index in [1.807, 2.05) is 0 Å². The average Bonchev–Trinajstić information content (AvgIpc) is 2.74. The molecule has 0 radical (unpaired) electrons. The minimum absolute atomic E-state index is 0.0587. The fourth-order valence-corrected chi connectivity index (χ4v) is 2.79. The largest absolute Gasteiger partial charge is 0.382 e. The maximum Gasteiger partial charge on any atom is 0.160 e. The monoisotopic (exact) mass is 211 g/mol. The Morgan fingerprint density at radius 1 is 1.53 bits per heavy atom. The third-order valence-corrected chi connectivity index (χ3v) is 3.51. The van der Waals surface area contributed by atoms with E-state index in [-0.39, 0.29) is 11.9 Å². The van der Waals surface area contributed by atoms with Gasteiger partial charge in [0.2, 0.25) is 0 Å². The SMILES string of the molecule is C/C=C(/F)C(N)=NC1CC2CC1N(C)C2. The minimum Gasteiger partial charge on any atom is -0.382 e. The smallest absolute Gasteiger partial charge is 0.160 e. The standard InChI is InChI=1S/C11H18FN3/c1-3-8(12)11(13)14-9-4-7-5-10(9)15(2)6-7/h3,7,9-10H,4-6H2,1-2H3,(H2,13,14)/b8-3+. The molecule has 2 fully saturated rings. The molecule has 2 rings (SSSR count). The second-order valence-electron chi connectivity index (χ2n) is 4.56. The molecule has 0 aromatic rings. The highest BCUT2D eigenvalue weighted by atomic mass is 19.1. The first kappa shape index (κ1) is 10.6. The molecular formula is C11H18FN3. The van der Waals surface area contributed by atoms with Gasteiger partial charge >= 0.3 is 0 Å². The average molecular weight is 211 g/mol. The van der Waals surface area contributed by atoms with E-state index in [0.717, 1.165) is 18.9 Å². The molecule has 0 aromatic carbocycles. The summed E-state index contributed by atoms with van der Waals surface area (Å²) in [6, 6.07) is 0.664. The molecule has 2 aliphatic rings. The second kappa shape index (κ2) is 3.93. The van der Waals surface area contributed by atoms with E-state index in [1.54, 1.807) is 6.92 Å².